The quantitative estimate of drug-likeness (QED) is 0.739. The third kappa shape index (κ3) is 2.24. The number of hydrogen-bond donors (Lipinski definition) is 1. The molecule has 0 aliphatic heterocycles. The lowest BCUT2D eigenvalue weighted by Gasteiger charge is -2.11. The van der Waals surface area contributed by atoms with Crippen molar-refractivity contribution in [1.82, 2.24) is 0 Å². The van der Waals surface area contributed by atoms with Crippen LogP contribution in [0, 0.1) is 0 Å². The summed E-state index contributed by atoms with van der Waals surface area (Å²) in [5.41, 5.74) is 1.38. The van der Waals surface area contributed by atoms with Gasteiger partial charge in [-0.1, -0.05) is 31.4 Å². The van der Waals surface area contributed by atoms with Crippen molar-refractivity contribution >= 4 is 0 Å². The van der Waals surface area contributed by atoms with E-state index in [2.05, 4.69) is 13.2 Å². The average Bonchev–Trinajstić information content (AvgIpc) is 2.27. The Bertz CT molecular complexity index is 325. The highest BCUT2D eigenvalue weighted by atomic mass is 16.5. The number of hydrogen-bond acceptors (Lipinski definition) is 2. The highest BCUT2D eigenvalue weighted by Gasteiger charge is 2.08. The summed E-state index contributed by atoms with van der Waals surface area (Å²) in [6, 6.07) is 7.21. The van der Waals surface area contributed by atoms with Crippen molar-refractivity contribution in [3.8, 4) is 5.75 Å². The first-order valence-electron chi connectivity index (χ1n) is 4.32. The molecule has 0 aliphatic rings. The second-order valence-corrected chi connectivity index (χ2v) is 2.95. The molecule has 2 nitrogen and oxygen atoms in total. The van der Waals surface area contributed by atoms with Crippen LogP contribution in [0.5, 0.6) is 5.75 Å². The minimum atomic E-state index is -0.682. The first-order chi connectivity index (χ1) is 6.69. The molecule has 2 heteroatoms. The monoisotopic (exact) mass is 190 g/mol. The Morgan fingerprint density at radius 2 is 2.00 bits per heavy atom. The van der Waals surface area contributed by atoms with E-state index in [-0.39, 0.29) is 0 Å². The molecule has 0 heterocycles. The zero-order valence-corrected chi connectivity index (χ0v) is 8.23. The SMILES string of the molecule is C=CC(=C)[C@@H](O)c1ccc(OC)cc1. The normalized spacial score (nSPS) is 11.9. The van der Waals surface area contributed by atoms with Crippen molar-refractivity contribution in [2.75, 3.05) is 7.11 Å². The van der Waals surface area contributed by atoms with E-state index in [0.717, 1.165) is 11.3 Å². The van der Waals surface area contributed by atoms with Crippen molar-refractivity contribution in [2.45, 2.75) is 6.10 Å². The molecule has 0 unspecified atom stereocenters. The summed E-state index contributed by atoms with van der Waals surface area (Å²) in [5, 5.41) is 9.74. The molecule has 1 rings (SSSR count). The number of aliphatic hydroxyl groups is 1. The molecule has 74 valence electrons. The van der Waals surface area contributed by atoms with Crippen molar-refractivity contribution in [3.05, 3.63) is 54.6 Å². The fourth-order valence-corrected chi connectivity index (χ4v) is 1.11. The van der Waals surface area contributed by atoms with Crippen LogP contribution in [0.1, 0.15) is 11.7 Å². The molecule has 1 N–H and O–H groups in total. The van der Waals surface area contributed by atoms with Crippen molar-refractivity contribution in [1.29, 1.82) is 0 Å². The minimum absolute atomic E-state index is 0.593. The van der Waals surface area contributed by atoms with Crippen molar-refractivity contribution in [3.63, 3.8) is 0 Å². The smallest absolute Gasteiger partial charge is 0.118 e. The van der Waals surface area contributed by atoms with E-state index < -0.39 is 6.10 Å². The van der Waals surface area contributed by atoms with Gasteiger partial charge >= 0.3 is 0 Å². The second kappa shape index (κ2) is 4.63. The van der Waals surface area contributed by atoms with Crippen LogP contribution in [0.2, 0.25) is 0 Å². The number of rotatable bonds is 4. The van der Waals surface area contributed by atoms with Gasteiger partial charge in [0.1, 0.15) is 11.9 Å². The Labute approximate surface area is 84.1 Å². The predicted molar refractivity (Wildman–Crippen MR) is 57.3 cm³/mol. The molecule has 0 fully saturated rings. The van der Waals surface area contributed by atoms with E-state index in [1.54, 1.807) is 37.5 Å². The molecule has 0 spiro atoms. The molecule has 0 radical (unpaired) electrons. The third-order valence-corrected chi connectivity index (χ3v) is 2.04. The van der Waals surface area contributed by atoms with Crippen LogP contribution >= 0.6 is 0 Å². The first kappa shape index (κ1) is 10.5. The topological polar surface area (TPSA) is 29.5 Å². The highest BCUT2D eigenvalue weighted by Crippen LogP contribution is 2.22. The van der Waals surface area contributed by atoms with Gasteiger partial charge in [-0.25, -0.2) is 0 Å². The largest absolute Gasteiger partial charge is 0.497 e. The first-order valence-corrected chi connectivity index (χ1v) is 4.32. The van der Waals surface area contributed by atoms with E-state index in [0.29, 0.717) is 5.57 Å². The fraction of sp³-hybridized carbons (Fsp3) is 0.167. The maximum atomic E-state index is 9.74. The van der Waals surface area contributed by atoms with Gasteiger partial charge in [-0.05, 0) is 23.3 Å². The van der Waals surface area contributed by atoms with Gasteiger partial charge in [0.2, 0.25) is 0 Å². The minimum Gasteiger partial charge on any atom is -0.497 e. The lowest BCUT2D eigenvalue weighted by molar-refractivity contribution is 0.220. The molecule has 0 saturated heterocycles. The summed E-state index contributed by atoms with van der Waals surface area (Å²) in [4.78, 5) is 0. The van der Waals surface area contributed by atoms with Crippen LogP contribution in [-0.2, 0) is 0 Å². The van der Waals surface area contributed by atoms with Gasteiger partial charge in [-0.2, -0.15) is 0 Å². The van der Waals surface area contributed by atoms with E-state index >= 15 is 0 Å². The molecule has 0 amide bonds. The predicted octanol–water partition coefficient (Wildman–Crippen LogP) is 2.47. The standard InChI is InChI=1S/C12H14O2/c1-4-9(2)12(13)10-5-7-11(14-3)8-6-10/h4-8,12-13H,1-2H2,3H3/t12-/m1/s1. The Morgan fingerprint density at radius 1 is 1.43 bits per heavy atom. The zero-order valence-electron chi connectivity index (χ0n) is 8.23. The highest BCUT2D eigenvalue weighted by molar-refractivity contribution is 5.33. The molecule has 1 atom stereocenters. The van der Waals surface area contributed by atoms with Gasteiger partial charge < -0.3 is 9.84 Å². The summed E-state index contributed by atoms with van der Waals surface area (Å²) >= 11 is 0. The Hall–Kier alpha value is -1.54. The molecule has 1 aromatic carbocycles. The number of methoxy groups -OCH3 is 1. The van der Waals surface area contributed by atoms with E-state index in [4.69, 9.17) is 4.74 Å². The molecule has 14 heavy (non-hydrogen) atoms. The lowest BCUT2D eigenvalue weighted by Crippen LogP contribution is -1.98. The van der Waals surface area contributed by atoms with Crippen molar-refractivity contribution < 1.29 is 9.84 Å². The van der Waals surface area contributed by atoms with Crippen LogP contribution in [0.3, 0.4) is 0 Å². The number of benzene rings is 1. The Kier molecular flexibility index (Phi) is 3.48. The molecule has 0 aromatic heterocycles. The molecular formula is C12H14O2. The van der Waals surface area contributed by atoms with Crippen LogP contribution in [0.4, 0.5) is 0 Å². The van der Waals surface area contributed by atoms with Gasteiger partial charge in [0.25, 0.3) is 0 Å². The molecule has 0 bridgehead atoms. The molecule has 0 saturated carbocycles. The van der Waals surface area contributed by atoms with E-state index in [9.17, 15) is 5.11 Å². The average molecular weight is 190 g/mol. The second-order valence-electron chi connectivity index (χ2n) is 2.95. The lowest BCUT2D eigenvalue weighted by atomic mass is 10.0. The van der Waals surface area contributed by atoms with Gasteiger partial charge in [-0.3, -0.25) is 0 Å². The maximum Gasteiger partial charge on any atom is 0.118 e. The van der Waals surface area contributed by atoms with Crippen LogP contribution in [0.25, 0.3) is 0 Å². The molecule has 0 aliphatic carbocycles. The third-order valence-electron chi connectivity index (χ3n) is 2.04. The maximum absolute atomic E-state index is 9.74. The Balaban J connectivity index is 2.86. The van der Waals surface area contributed by atoms with Crippen LogP contribution in [0.15, 0.2) is 49.1 Å². The van der Waals surface area contributed by atoms with Crippen LogP contribution < -0.4 is 4.74 Å². The summed E-state index contributed by atoms with van der Waals surface area (Å²) in [6.45, 7) is 7.25. The van der Waals surface area contributed by atoms with Gasteiger partial charge in [0.05, 0.1) is 7.11 Å². The summed E-state index contributed by atoms with van der Waals surface area (Å²) in [5.74, 6) is 0.769. The van der Waals surface area contributed by atoms with Gasteiger partial charge in [0, 0.05) is 0 Å². The van der Waals surface area contributed by atoms with E-state index in [1.807, 2.05) is 0 Å². The Morgan fingerprint density at radius 3 is 2.43 bits per heavy atom. The van der Waals surface area contributed by atoms with E-state index in [1.165, 1.54) is 0 Å². The number of ether oxygens (including phenoxy) is 1. The zero-order chi connectivity index (χ0) is 10.6. The van der Waals surface area contributed by atoms with Gasteiger partial charge in [-0.15, -0.1) is 0 Å². The fourth-order valence-electron chi connectivity index (χ4n) is 1.11. The number of aliphatic hydroxyl groups excluding tert-OH is 1. The molecule has 1 aromatic rings. The van der Waals surface area contributed by atoms with Crippen LogP contribution in [-0.4, -0.2) is 12.2 Å². The summed E-state index contributed by atoms with van der Waals surface area (Å²) in [6.07, 6.45) is 0.868. The van der Waals surface area contributed by atoms with Crippen molar-refractivity contribution in [2.24, 2.45) is 0 Å². The van der Waals surface area contributed by atoms with Gasteiger partial charge in [0.15, 0.2) is 0 Å². The molecular weight excluding hydrogens is 176 g/mol. The summed E-state index contributed by atoms with van der Waals surface area (Å²) in [7, 11) is 1.61. The summed E-state index contributed by atoms with van der Waals surface area (Å²) < 4.78 is 5.01.